The van der Waals surface area contributed by atoms with Gasteiger partial charge in [-0.15, -0.1) is 10.2 Å². The highest BCUT2D eigenvalue weighted by molar-refractivity contribution is 7.15. The van der Waals surface area contributed by atoms with Crippen molar-refractivity contribution < 1.29 is 9.90 Å². The molecule has 7 heteroatoms. The SMILES string of the molecule is CC(C)(c1ccccc1)c1nnc(NC(=O)NC2CCC(O)CC2)s1. The van der Waals surface area contributed by atoms with E-state index >= 15 is 0 Å². The quantitative estimate of drug-likeness (QED) is 0.781. The van der Waals surface area contributed by atoms with Crippen LogP contribution < -0.4 is 10.6 Å². The first-order valence-corrected chi connectivity index (χ1v) is 9.42. The second kappa shape index (κ2) is 7.49. The molecule has 1 aliphatic rings. The van der Waals surface area contributed by atoms with Crippen molar-refractivity contribution >= 4 is 22.5 Å². The van der Waals surface area contributed by atoms with Crippen molar-refractivity contribution in [1.29, 1.82) is 0 Å². The smallest absolute Gasteiger partial charge is 0.321 e. The molecule has 25 heavy (non-hydrogen) atoms. The fourth-order valence-corrected chi connectivity index (χ4v) is 3.91. The van der Waals surface area contributed by atoms with Crippen LogP contribution in [0.1, 0.15) is 50.1 Å². The molecule has 1 saturated carbocycles. The van der Waals surface area contributed by atoms with Gasteiger partial charge in [0.1, 0.15) is 5.01 Å². The number of aliphatic hydroxyl groups is 1. The van der Waals surface area contributed by atoms with Gasteiger partial charge < -0.3 is 10.4 Å². The highest BCUT2D eigenvalue weighted by Gasteiger charge is 2.28. The molecule has 1 aliphatic carbocycles. The third kappa shape index (κ3) is 4.35. The maximum absolute atomic E-state index is 12.1. The van der Waals surface area contributed by atoms with E-state index in [0.29, 0.717) is 5.13 Å². The first-order valence-electron chi connectivity index (χ1n) is 8.60. The molecule has 0 atom stereocenters. The Hall–Kier alpha value is -1.99. The minimum Gasteiger partial charge on any atom is -0.393 e. The van der Waals surface area contributed by atoms with Gasteiger partial charge in [0.05, 0.1) is 6.10 Å². The summed E-state index contributed by atoms with van der Waals surface area (Å²) in [5.74, 6) is 0. The van der Waals surface area contributed by atoms with Crippen LogP contribution in [0.4, 0.5) is 9.93 Å². The number of anilines is 1. The summed E-state index contributed by atoms with van der Waals surface area (Å²) >= 11 is 1.39. The summed E-state index contributed by atoms with van der Waals surface area (Å²) in [6.07, 6.45) is 2.85. The predicted molar refractivity (Wildman–Crippen MR) is 98.9 cm³/mol. The van der Waals surface area contributed by atoms with Crippen LogP contribution in [0.25, 0.3) is 0 Å². The Kier molecular flexibility index (Phi) is 5.34. The second-order valence-electron chi connectivity index (χ2n) is 7.01. The maximum Gasteiger partial charge on any atom is 0.321 e. The van der Waals surface area contributed by atoms with Crippen molar-refractivity contribution in [2.24, 2.45) is 0 Å². The van der Waals surface area contributed by atoms with E-state index in [-0.39, 0.29) is 23.6 Å². The van der Waals surface area contributed by atoms with Gasteiger partial charge in [-0.05, 0) is 45.1 Å². The number of hydrogen-bond acceptors (Lipinski definition) is 5. The molecule has 3 N–H and O–H groups in total. The lowest BCUT2D eigenvalue weighted by Crippen LogP contribution is -2.40. The van der Waals surface area contributed by atoms with E-state index in [1.165, 1.54) is 11.3 Å². The molecule has 134 valence electrons. The zero-order valence-corrected chi connectivity index (χ0v) is 15.3. The van der Waals surface area contributed by atoms with Gasteiger partial charge in [-0.1, -0.05) is 41.7 Å². The minimum absolute atomic E-state index is 0.108. The van der Waals surface area contributed by atoms with E-state index in [1.54, 1.807) is 0 Å². The summed E-state index contributed by atoms with van der Waals surface area (Å²) in [6, 6.07) is 9.98. The van der Waals surface area contributed by atoms with Crippen molar-refractivity contribution in [2.45, 2.75) is 57.1 Å². The second-order valence-corrected chi connectivity index (χ2v) is 7.98. The number of nitrogens with one attached hydrogen (secondary N) is 2. The molecule has 1 aromatic heterocycles. The highest BCUT2D eigenvalue weighted by atomic mass is 32.1. The van der Waals surface area contributed by atoms with E-state index in [9.17, 15) is 9.90 Å². The van der Waals surface area contributed by atoms with Crippen LogP contribution >= 0.6 is 11.3 Å². The van der Waals surface area contributed by atoms with E-state index in [0.717, 1.165) is 36.3 Å². The number of aliphatic hydroxyl groups excluding tert-OH is 1. The molecule has 0 spiro atoms. The Morgan fingerprint density at radius 2 is 1.84 bits per heavy atom. The van der Waals surface area contributed by atoms with Gasteiger partial charge in [0, 0.05) is 11.5 Å². The molecule has 6 nitrogen and oxygen atoms in total. The van der Waals surface area contributed by atoms with Crippen LogP contribution in [0.15, 0.2) is 30.3 Å². The number of rotatable bonds is 4. The Bertz CT molecular complexity index is 709. The molecular formula is C18H24N4O2S. The molecule has 0 saturated heterocycles. The van der Waals surface area contributed by atoms with Gasteiger partial charge in [-0.25, -0.2) is 4.79 Å². The highest BCUT2D eigenvalue weighted by Crippen LogP contribution is 2.34. The zero-order valence-electron chi connectivity index (χ0n) is 14.5. The number of carbonyl (C=O) groups is 1. The van der Waals surface area contributed by atoms with Crippen molar-refractivity contribution in [3.8, 4) is 0 Å². The molecule has 2 aromatic rings. The number of carbonyl (C=O) groups excluding carboxylic acids is 1. The summed E-state index contributed by atoms with van der Waals surface area (Å²) in [5, 5.41) is 25.0. The number of urea groups is 1. The fourth-order valence-electron chi connectivity index (χ4n) is 3.04. The largest absolute Gasteiger partial charge is 0.393 e. The van der Waals surface area contributed by atoms with E-state index in [4.69, 9.17) is 0 Å². The summed E-state index contributed by atoms with van der Waals surface area (Å²) in [7, 11) is 0. The molecule has 0 aliphatic heterocycles. The lowest BCUT2D eigenvalue weighted by molar-refractivity contribution is 0.118. The van der Waals surface area contributed by atoms with Gasteiger partial charge >= 0.3 is 6.03 Å². The van der Waals surface area contributed by atoms with Crippen molar-refractivity contribution in [1.82, 2.24) is 15.5 Å². The Morgan fingerprint density at radius 1 is 1.16 bits per heavy atom. The maximum atomic E-state index is 12.1. The number of aromatic nitrogens is 2. The van der Waals surface area contributed by atoms with Gasteiger partial charge in [0.2, 0.25) is 5.13 Å². The Morgan fingerprint density at radius 3 is 2.52 bits per heavy atom. The standard InChI is InChI=1S/C18H24N4O2S/c1-18(2,12-6-4-3-5-7-12)15-21-22-17(25-15)20-16(24)19-13-8-10-14(23)11-9-13/h3-7,13-14,23H,8-11H2,1-2H3,(H2,19,20,22,24). The fraction of sp³-hybridized carbons (Fsp3) is 0.500. The minimum atomic E-state index is -0.269. The molecule has 3 rings (SSSR count). The van der Waals surface area contributed by atoms with E-state index in [1.807, 2.05) is 18.2 Å². The summed E-state index contributed by atoms with van der Waals surface area (Å²) in [5.41, 5.74) is 0.886. The predicted octanol–water partition coefficient (Wildman–Crippen LogP) is 3.29. The average molecular weight is 360 g/mol. The molecular weight excluding hydrogens is 336 g/mol. The lowest BCUT2D eigenvalue weighted by Gasteiger charge is -2.25. The molecule has 1 fully saturated rings. The number of amides is 2. The van der Waals surface area contributed by atoms with Gasteiger partial charge in [0.15, 0.2) is 0 Å². The van der Waals surface area contributed by atoms with Crippen molar-refractivity contribution in [3.05, 3.63) is 40.9 Å². The van der Waals surface area contributed by atoms with Crippen LogP contribution in [0.2, 0.25) is 0 Å². The summed E-state index contributed by atoms with van der Waals surface area (Å²) in [6.45, 7) is 4.19. The van der Waals surface area contributed by atoms with Gasteiger partial charge in [-0.2, -0.15) is 0 Å². The third-order valence-corrected chi connectivity index (χ3v) is 5.87. The molecule has 0 bridgehead atoms. The van der Waals surface area contributed by atoms with Crippen molar-refractivity contribution in [3.63, 3.8) is 0 Å². The summed E-state index contributed by atoms with van der Waals surface area (Å²) in [4.78, 5) is 12.1. The van der Waals surface area contributed by atoms with Crippen LogP contribution in [0.5, 0.6) is 0 Å². The molecule has 2 amide bonds. The zero-order chi connectivity index (χ0) is 17.9. The number of hydrogen-bond donors (Lipinski definition) is 3. The normalized spacial score (nSPS) is 20.9. The molecule has 0 unspecified atom stereocenters. The van der Waals surface area contributed by atoms with Gasteiger partial charge in [-0.3, -0.25) is 5.32 Å². The van der Waals surface area contributed by atoms with Crippen molar-refractivity contribution in [2.75, 3.05) is 5.32 Å². The van der Waals surface area contributed by atoms with Gasteiger partial charge in [0.25, 0.3) is 0 Å². The average Bonchev–Trinajstić information content (AvgIpc) is 3.07. The van der Waals surface area contributed by atoms with E-state index in [2.05, 4.69) is 46.8 Å². The Balaban J connectivity index is 1.61. The van der Waals surface area contributed by atoms with E-state index < -0.39 is 0 Å². The first-order chi connectivity index (χ1) is 11.9. The van der Waals surface area contributed by atoms with Crippen LogP contribution in [0, 0.1) is 0 Å². The third-order valence-electron chi connectivity index (χ3n) is 4.71. The molecule has 1 heterocycles. The Labute approximate surface area is 151 Å². The first kappa shape index (κ1) is 17.8. The molecule has 1 aromatic carbocycles. The number of benzene rings is 1. The lowest BCUT2D eigenvalue weighted by atomic mass is 9.85. The van der Waals surface area contributed by atoms with Crippen LogP contribution in [-0.4, -0.2) is 33.5 Å². The van der Waals surface area contributed by atoms with Crippen LogP contribution in [-0.2, 0) is 5.41 Å². The summed E-state index contributed by atoms with van der Waals surface area (Å²) < 4.78 is 0. The molecule has 0 radical (unpaired) electrons. The topological polar surface area (TPSA) is 87.1 Å². The number of nitrogens with zero attached hydrogens (tertiary/aromatic N) is 2. The van der Waals surface area contributed by atoms with Crippen LogP contribution in [0.3, 0.4) is 0 Å². The monoisotopic (exact) mass is 360 g/mol.